The zero-order valence-electron chi connectivity index (χ0n) is 10.7. The molecule has 108 valence electrons. The normalized spacial score (nSPS) is 11.9. The van der Waals surface area contributed by atoms with Crippen molar-refractivity contribution < 1.29 is 13.2 Å². The molecular formula is C13H11BrClF3N2. The molecule has 0 aliphatic rings. The van der Waals surface area contributed by atoms with E-state index in [1.807, 2.05) is 0 Å². The minimum absolute atomic E-state index is 0.0188. The predicted molar refractivity (Wildman–Crippen MR) is 75.7 cm³/mol. The Labute approximate surface area is 127 Å². The minimum atomic E-state index is -4.45. The lowest BCUT2D eigenvalue weighted by atomic mass is 10.1. The van der Waals surface area contributed by atoms with E-state index in [9.17, 15) is 13.2 Å². The van der Waals surface area contributed by atoms with Gasteiger partial charge in [-0.1, -0.05) is 33.6 Å². The van der Waals surface area contributed by atoms with Crippen LogP contribution in [0.3, 0.4) is 0 Å². The summed E-state index contributed by atoms with van der Waals surface area (Å²) in [4.78, 5) is 0. The summed E-state index contributed by atoms with van der Waals surface area (Å²) in [5, 5.41) is 4.82. The van der Waals surface area contributed by atoms with Crippen LogP contribution in [-0.2, 0) is 11.5 Å². The van der Waals surface area contributed by atoms with Gasteiger partial charge in [0.1, 0.15) is 0 Å². The molecule has 0 spiro atoms. The Morgan fingerprint density at radius 2 is 1.95 bits per heavy atom. The highest BCUT2D eigenvalue weighted by atomic mass is 79.9. The quantitative estimate of drug-likeness (QED) is 0.679. The number of rotatable bonds is 2. The summed E-state index contributed by atoms with van der Waals surface area (Å²) in [6.45, 7) is 3.30. The van der Waals surface area contributed by atoms with Gasteiger partial charge in [-0.05, 0) is 31.5 Å². The van der Waals surface area contributed by atoms with Crippen molar-refractivity contribution in [2.75, 3.05) is 0 Å². The van der Waals surface area contributed by atoms with Crippen LogP contribution in [0.4, 0.5) is 13.2 Å². The fraction of sp³-hybridized carbons (Fsp3) is 0.308. The van der Waals surface area contributed by atoms with E-state index >= 15 is 0 Å². The van der Waals surface area contributed by atoms with Crippen LogP contribution in [0, 0.1) is 13.8 Å². The molecule has 0 atom stereocenters. The Bertz CT molecular complexity index is 650. The summed E-state index contributed by atoms with van der Waals surface area (Å²) in [7, 11) is 0. The van der Waals surface area contributed by atoms with Crippen molar-refractivity contribution in [2.24, 2.45) is 0 Å². The Morgan fingerprint density at radius 3 is 2.40 bits per heavy atom. The Kier molecular flexibility index (Phi) is 4.16. The number of aromatic nitrogens is 2. The molecule has 0 fully saturated rings. The van der Waals surface area contributed by atoms with Crippen molar-refractivity contribution in [3.8, 4) is 5.69 Å². The molecule has 7 heteroatoms. The molecule has 0 amide bonds. The van der Waals surface area contributed by atoms with E-state index in [2.05, 4.69) is 21.0 Å². The fourth-order valence-electron chi connectivity index (χ4n) is 1.94. The second kappa shape index (κ2) is 5.41. The molecule has 0 aliphatic carbocycles. The van der Waals surface area contributed by atoms with Crippen LogP contribution in [0.5, 0.6) is 0 Å². The highest BCUT2D eigenvalue weighted by Gasteiger charge is 2.35. The Balaban J connectivity index is 2.70. The van der Waals surface area contributed by atoms with E-state index in [0.29, 0.717) is 27.3 Å². The molecular weight excluding hydrogens is 357 g/mol. The van der Waals surface area contributed by atoms with Gasteiger partial charge < -0.3 is 0 Å². The zero-order valence-corrected chi connectivity index (χ0v) is 13.1. The predicted octanol–water partition coefficient (Wildman–Crippen LogP) is 5.06. The van der Waals surface area contributed by atoms with E-state index in [1.165, 1.54) is 10.7 Å². The molecule has 0 saturated heterocycles. The van der Waals surface area contributed by atoms with Gasteiger partial charge in [0.25, 0.3) is 0 Å². The van der Waals surface area contributed by atoms with Gasteiger partial charge in [-0.2, -0.15) is 18.3 Å². The molecule has 2 aromatic rings. The van der Waals surface area contributed by atoms with Crippen LogP contribution in [0.1, 0.15) is 22.5 Å². The van der Waals surface area contributed by atoms with Gasteiger partial charge in [-0.15, -0.1) is 0 Å². The van der Waals surface area contributed by atoms with Gasteiger partial charge in [-0.25, -0.2) is 4.68 Å². The maximum absolute atomic E-state index is 13.2. The maximum atomic E-state index is 13.2. The second-order valence-electron chi connectivity index (χ2n) is 4.38. The standard InChI is InChI=1S/C13H11BrClF3N2/c1-7-12(15)8(2)20(19-7)11-4-3-9(6-14)5-10(11)13(16,17)18/h3-5H,6H2,1-2H3. The van der Waals surface area contributed by atoms with Crippen molar-refractivity contribution in [1.82, 2.24) is 9.78 Å². The van der Waals surface area contributed by atoms with Crippen molar-refractivity contribution in [2.45, 2.75) is 25.4 Å². The smallest absolute Gasteiger partial charge is 0.236 e. The van der Waals surface area contributed by atoms with Gasteiger partial charge >= 0.3 is 6.18 Å². The third kappa shape index (κ3) is 2.72. The zero-order chi connectivity index (χ0) is 15.1. The molecule has 0 saturated carbocycles. The number of halogens is 5. The van der Waals surface area contributed by atoms with E-state index in [4.69, 9.17) is 11.6 Å². The summed E-state index contributed by atoms with van der Waals surface area (Å²) >= 11 is 9.16. The Morgan fingerprint density at radius 1 is 1.30 bits per heavy atom. The first kappa shape index (κ1) is 15.4. The third-order valence-electron chi connectivity index (χ3n) is 2.95. The van der Waals surface area contributed by atoms with Crippen LogP contribution in [0.25, 0.3) is 5.69 Å². The van der Waals surface area contributed by atoms with E-state index in [1.54, 1.807) is 19.9 Å². The number of aryl methyl sites for hydroxylation is 1. The van der Waals surface area contributed by atoms with Gasteiger partial charge in [0, 0.05) is 5.33 Å². The van der Waals surface area contributed by atoms with Crippen LogP contribution in [0.15, 0.2) is 18.2 Å². The van der Waals surface area contributed by atoms with Crippen LogP contribution in [0.2, 0.25) is 5.02 Å². The summed E-state index contributed by atoms with van der Waals surface area (Å²) < 4.78 is 40.8. The average molecular weight is 368 g/mol. The lowest BCUT2D eigenvalue weighted by molar-refractivity contribution is -0.137. The van der Waals surface area contributed by atoms with Crippen molar-refractivity contribution in [3.63, 3.8) is 0 Å². The number of benzene rings is 1. The number of alkyl halides is 4. The Hall–Kier alpha value is -1.01. The molecule has 0 N–H and O–H groups in total. The summed E-state index contributed by atoms with van der Waals surface area (Å²) in [6, 6.07) is 4.16. The molecule has 1 aromatic carbocycles. The summed E-state index contributed by atoms with van der Waals surface area (Å²) in [5.74, 6) is 0. The highest BCUT2D eigenvalue weighted by molar-refractivity contribution is 9.08. The van der Waals surface area contributed by atoms with Crippen LogP contribution in [-0.4, -0.2) is 9.78 Å². The highest BCUT2D eigenvalue weighted by Crippen LogP contribution is 2.36. The molecule has 0 bridgehead atoms. The molecule has 20 heavy (non-hydrogen) atoms. The molecule has 0 unspecified atom stereocenters. The number of hydrogen-bond donors (Lipinski definition) is 0. The largest absolute Gasteiger partial charge is 0.418 e. The second-order valence-corrected chi connectivity index (χ2v) is 5.32. The van der Waals surface area contributed by atoms with E-state index in [0.717, 1.165) is 6.07 Å². The van der Waals surface area contributed by atoms with Gasteiger partial charge in [-0.3, -0.25) is 0 Å². The van der Waals surface area contributed by atoms with Crippen molar-refractivity contribution in [1.29, 1.82) is 0 Å². The topological polar surface area (TPSA) is 17.8 Å². The summed E-state index contributed by atoms with van der Waals surface area (Å²) in [5.41, 5.74) is 0.795. The molecule has 0 aliphatic heterocycles. The number of hydrogen-bond acceptors (Lipinski definition) is 1. The summed E-state index contributed by atoms with van der Waals surface area (Å²) in [6.07, 6.45) is -4.45. The monoisotopic (exact) mass is 366 g/mol. The van der Waals surface area contributed by atoms with Gasteiger partial charge in [0.2, 0.25) is 0 Å². The maximum Gasteiger partial charge on any atom is 0.418 e. The van der Waals surface area contributed by atoms with Crippen LogP contribution < -0.4 is 0 Å². The van der Waals surface area contributed by atoms with E-state index < -0.39 is 11.7 Å². The minimum Gasteiger partial charge on any atom is -0.236 e. The SMILES string of the molecule is Cc1nn(-c2ccc(CBr)cc2C(F)(F)F)c(C)c1Cl. The van der Waals surface area contributed by atoms with Crippen molar-refractivity contribution in [3.05, 3.63) is 45.7 Å². The molecule has 2 rings (SSSR count). The third-order valence-corrected chi connectivity index (χ3v) is 4.15. The first-order valence-electron chi connectivity index (χ1n) is 5.74. The van der Waals surface area contributed by atoms with E-state index in [-0.39, 0.29) is 5.69 Å². The number of nitrogens with zero attached hydrogens (tertiary/aromatic N) is 2. The van der Waals surface area contributed by atoms with Crippen LogP contribution >= 0.6 is 27.5 Å². The molecule has 1 aromatic heterocycles. The van der Waals surface area contributed by atoms with Gasteiger partial charge in [0.15, 0.2) is 0 Å². The first-order chi connectivity index (χ1) is 9.25. The molecule has 0 radical (unpaired) electrons. The average Bonchev–Trinajstić information content (AvgIpc) is 2.65. The lowest BCUT2D eigenvalue weighted by Gasteiger charge is -2.15. The lowest BCUT2D eigenvalue weighted by Crippen LogP contribution is -2.13. The molecule has 1 heterocycles. The van der Waals surface area contributed by atoms with Crippen molar-refractivity contribution >= 4 is 27.5 Å². The first-order valence-corrected chi connectivity index (χ1v) is 7.24. The fourth-order valence-corrected chi connectivity index (χ4v) is 2.40. The van der Waals surface area contributed by atoms with Gasteiger partial charge in [0.05, 0.1) is 27.7 Å². The molecule has 2 nitrogen and oxygen atoms in total.